The number of thiophene rings is 1. The van der Waals surface area contributed by atoms with E-state index in [1.807, 2.05) is 6.07 Å². The van der Waals surface area contributed by atoms with Crippen molar-refractivity contribution in [1.82, 2.24) is 10.3 Å². The predicted octanol–water partition coefficient (Wildman–Crippen LogP) is 5.59. The van der Waals surface area contributed by atoms with Gasteiger partial charge in [-0.2, -0.15) is 13.2 Å². The summed E-state index contributed by atoms with van der Waals surface area (Å²) in [6.45, 7) is 3.64. The van der Waals surface area contributed by atoms with Crippen LogP contribution in [0.3, 0.4) is 0 Å². The van der Waals surface area contributed by atoms with E-state index < -0.39 is 23.7 Å². The lowest BCUT2D eigenvalue weighted by molar-refractivity contribution is -0.280. The Labute approximate surface area is 187 Å². The highest BCUT2D eigenvalue weighted by atomic mass is 35.5. The summed E-state index contributed by atoms with van der Waals surface area (Å²) in [7, 11) is 0. The normalized spacial score (nSPS) is 16.2. The number of aliphatic hydroxyl groups is 1. The number of alkyl halides is 3. The van der Waals surface area contributed by atoms with E-state index in [1.165, 1.54) is 11.3 Å². The van der Waals surface area contributed by atoms with Crippen molar-refractivity contribution >= 4 is 33.0 Å². The molecule has 9 heteroatoms. The highest BCUT2D eigenvalue weighted by Gasteiger charge is 2.56. The number of benzene rings is 1. The molecule has 3 aromatic rings. The molecule has 2 aromatic heterocycles. The van der Waals surface area contributed by atoms with E-state index in [4.69, 9.17) is 16.3 Å². The van der Waals surface area contributed by atoms with Gasteiger partial charge in [-0.15, -0.1) is 11.3 Å². The van der Waals surface area contributed by atoms with Crippen LogP contribution in [0.4, 0.5) is 13.2 Å². The Kier molecular flexibility index (Phi) is 5.70. The second-order valence-electron chi connectivity index (χ2n) is 8.44. The number of hydrogen-bond donors (Lipinski definition) is 2. The Bertz CT molecular complexity index is 1080. The summed E-state index contributed by atoms with van der Waals surface area (Å²) in [5.41, 5.74) is -2.73. The van der Waals surface area contributed by atoms with Crippen LogP contribution in [0, 0.1) is 0 Å². The number of ether oxygens (including phenoxy) is 1. The van der Waals surface area contributed by atoms with Crippen LogP contribution in [-0.2, 0) is 18.4 Å². The number of halogens is 4. The van der Waals surface area contributed by atoms with Crippen LogP contribution in [0.25, 0.3) is 10.1 Å². The van der Waals surface area contributed by atoms with E-state index in [2.05, 4.69) is 10.3 Å². The maximum atomic E-state index is 14.0. The third-order valence-corrected chi connectivity index (χ3v) is 6.90. The number of nitrogens with zero attached hydrogens (tertiary/aromatic N) is 1. The third-order valence-electron chi connectivity index (χ3n) is 5.57. The quantitative estimate of drug-likeness (QED) is 0.461. The van der Waals surface area contributed by atoms with Crippen molar-refractivity contribution in [2.75, 3.05) is 6.61 Å². The van der Waals surface area contributed by atoms with Gasteiger partial charge >= 0.3 is 6.18 Å². The van der Waals surface area contributed by atoms with Crippen LogP contribution in [0.5, 0.6) is 5.75 Å². The molecule has 0 saturated carbocycles. The molecule has 31 heavy (non-hydrogen) atoms. The molecule has 0 bridgehead atoms. The first kappa shape index (κ1) is 22.3. The van der Waals surface area contributed by atoms with Crippen LogP contribution in [-0.4, -0.2) is 28.6 Å². The van der Waals surface area contributed by atoms with E-state index in [9.17, 15) is 18.3 Å². The zero-order valence-corrected chi connectivity index (χ0v) is 18.6. The largest absolute Gasteiger partial charge is 0.493 e. The molecule has 4 rings (SSSR count). The molecule has 1 aliphatic heterocycles. The Morgan fingerprint density at radius 2 is 2.03 bits per heavy atom. The summed E-state index contributed by atoms with van der Waals surface area (Å²) >= 11 is 7.58. The summed E-state index contributed by atoms with van der Waals surface area (Å²) < 4.78 is 48.7. The van der Waals surface area contributed by atoms with Crippen molar-refractivity contribution in [3.05, 3.63) is 57.7 Å². The van der Waals surface area contributed by atoms with Crippen LogP contribution in [0.1, 0.15) is 36.3 Å². The fraction of sp³-hybridized carbons (Fsp3) is 0.409. The van der Waals surface area contributed by atoms with Crippen LogP contribution >= 0.6 is 22.9 Å². The second kappa shape index (κ2) is 7.92. The van der Waals surface area contributed by atoms with Gasteiger partial charge in [0.1, 0.15) is 5.75 Å². The predicted molar refractivity (Wildman–Crippen MR) is 116 cm³/mol. The van der Waals surface area contributed by atoms with Crippen molar-refractivity contribution in [3.63, 3.8) is 0 Å². The lowest BCUT2D eigenvalue weighted by Crippen LogP contribution is -2.59. The molecule has 1 aliphatic rings. The molecule has 4 nitrogen and oxygen atoms in total. The van der Waals surface area contributed by atoms with Gasteiger partial charge in [0, 0.05) is 57.3 Å². The lowest BCUT2D eigenvalue weighted by atomic mass is 9.76. The maximum Gasteiger partial charge on any atom is 0.431 e. The fourth-order valence-electron chi connectivity index (χ4n) is 4.03. The molecule has 3 heterocycles. The van der Waals surface area contributed by atoms with Crippen LogP contribution in [0.15, 0.2) is 36.7 Å². The van der Waals surface area contributed by atoms with E-state index in [1.54, 1.807) is 44.4 Å². The molecule has 1 unspecified atom stereocenters. The highest BCUT2D eigenvalue weighted by Crippen LogP contribution is 2.45. The average Bonchev–Trinajstić information content (AvgIpc) is 3.30. The maximum absolute atomic E-state index is 14.0. The molecular weight excluding hydrogens is 449 g/mol. The third kappa shape index (κ3) is 4.39. The van der Waals surface area contributed by atoms with Gasteiger partial charge in [0.25, 0.3) is 0 Å². The van der Waals surface area contributed by atoms with Gasteiger partial charge < -0.3 is 9.84 Å². The molecule has 0 fully saturated rings. The molecule has 0 spiro atoms. The first-order valence-corrected chi connectivity index (χ1v) is 11.0. The minimum atomic E-state index is -4.88. The standard InChI is InChI=1S/C22H22ClF3N2O2S/c1-20(2,17-9-15(23)7-13-4-6-30-19(13)17)12-21(29,22(24,25)26)28-11-16-8-14-10-27-5-3-18(14)31-16/h3,5,7-10,28-29H,4,6,11-12H2,1-2H3. The molecule has 2 N–H and O–H groups in total. The van der Waals surface area contributed by atoms with Crippen molar-refractivity contribution in [3.8, 4) is 5.75 Å². The Morgan fingerprint density at radius 3 is 2.74 bits per heavy atom. The van der Waals surface area contributed by atoms with E-state index in [-0.39, 0.29) is 6.54 Å². The molecule has 0 amide bonds. The summed E-state index contributed by atoms with van der Waals surface area (Å²) in [5, 5.41) is 14.4. The Balaban J connectivity index is 1.61. The number of nitrogens with one attached hydrogen (secondary N) is 1. The van der Waals surface area contributed by atoms with E-state index in [0.29, 0.717) is 34.2 Å². The van der Waals surface area contributed by atoms with Crippen molar-refractivity contribution in [2.24, 2.45) is 0 Å². The average molecular weight is 471 g/mol. The van der Waals surface area contributed by atoms with E-state index in [0.717, 1.165) is 15.6 Å². The summed E-state index contributed by atoms with van der Waals surface area (Å²) in [5.74, 6) is 0.566. The number of rotatable bonds is 6. The summed E-state index contributed by atoms with van der Waals surface area (Å²) in [6.07, 6.45) is -1.54. The van der Waals surface area contributed by atoms with Crippen LogP contribution in [0.2, 0.25) is 5.02 Å². The SMILES string of the molecule is CC(C)(CC(O)(NCc1cc2cnccc2s1)C(F)(F)F)c1cc(Cl)cc2c1OCC2. The smallest absolute Gasteiger partial charge is 0.431 e. The lowest BCUT2D eigenvalue weighted by Gasteiger charge is -2.38. The number of fused-ring (bicyclic) bond motifs is 2. The van der Waals surface area contributed by atoms with Gasteiger partial charge in [-0.05, 0) is 35.2 Å². The molecule has 0 saturated heterocycles. The summed E-state index contributed by atoms with van der Waals surface area (Å²) in [4.78, 5) is 4.70. The topological polar surface area (TPSA) is 54.4 Å². The minimum Gasteiger partial charge on any atom is -0.493 e. The molecular formula is C22H22ClF3N2O2S. The van der Waals surface area contributed by atoms with Gasteiger partial charge in [-0.25, -0.2) is 0 Å². The van der Waals surface area contributed by atoms with E-state index >= 15 is 0 Å². The van der Waals surface area contributed by atoms with Crippen LogP contribution < -0.4 is 10.1 Å². The first-order valence-electron chi connectivity index (χ1n) is 9.81. The molecule has 1 atom stereocenters. The first-order chi connectivity index (χ1) is 14.5. The fourth-order valence-corrected chi connectivity index (χ4v) is 5.24. The minimum absolute atomic E-state index is 0.129. The van der Waals surface area contributed by atoms with Gasteiger partial charge in [-0.1, -0.05) is 25.4 Å². The van der Waals surface area contributed by atoms with Gasteiger partial charge in [0.05, 0.1) is 6.61 Å². The van der Waals surface area contributed by atoms with Gasteiger partial charge in [-0.3, -0.25) is 10.3 Å². The molecule has 0 radical (unpaired) electrons. The van der Waals surface area contributed by atoms with Crippen molar-refractivity contribution in [2.45, 2.75) is 50.6 Å². The zero-order valence-electron chi connectivity index (χ0n) is 17.0. The summed E-state index contributed by atoms with van der Waals surface area (Å²) in [6, 6.07) is 6.98. The molecule has 1 aromatic carbocycles. The monoisotopic (exact) mass is 470 g/mol. The number of pyridine rings is 1. The molecule has 166 valence electrons. The number of aromatic nitrogens is 1. The van der Waals surface area contributed by atoms with Crippen molar-refractivity contribution in [1.29, 1.82) is 0 Å². The Morgan fingerprint density at radius 1 is 1.26 bits per heavy atom. The Hall–Kier alpha value is -1.87. The van der Waals surface area contributed by atoms with Gasteiger partial charge in [0.15, 0.2) is 0 Å². The van der Waals surface area contributed by atoms with Crippen molar-refractivity contribution < 1.29 is 23.0 Å². The van der Waals surface area contributed by atoms with Gasteiger partial charge in [0.2, 0.25) is 5.72 Å². The number of hydrogen-bond acceptors (Lipinski definition) is 5. The zero-order chi connectivity index (χ0) is 22.4. The second-order valence-corrected chi connectivity index (χ2v) is 10.0. The highest BCUT2D eigenvalue weighted by molar-refractivity contribution is 7.19. The molecule has 0 aliphatic carbocycles.